The molecule has 0 aromatic carbocycles. The fourth-order valence-corrected chi connectivity index (χ4v) is 3.68. The molecular formula is C25H40O4. The highest BCUT2D eigenvalue weighted by Gasteiger charge is 2.33. The number of carbonyl (C=O) groups is 2. The molecule has 0 spiro atoms. The lowest BCUT2D eigenvalue weighted by molar-refractivity contribution is -0.141. The van der Waals surface area contributed by atoms with Crippen molar-refractivity contribution in [2.24, 2.45) is 17.3 Å². The summed E-state index contributed by atoms with van der Waals surface area (Å²) in [6, 6.07) is 0. The average Bonchev–Trinajstić information content (AvgIpc) is 3.00. The maximum absolute atomic E-state index is 12.3. The first-order chi connectivity index (χ1) is 13.7. The van der Waals surface area contributed by atoms with E-state index in [4.69, 9.17) is 4.74 Å². The predicted octanol–water partition coefficient (Wildman–Crippen LogP) is 5.56. The zero-order valence-corrected chi connectivity index (χ0v) is 18.9. The van der Waals surface area contributed by atoms with Gasteiger partial charge >= 0.3 is 5.97 Å². The Bertz CT molecular complexity index is 598. The Balaban J connectivity index is 2.52. The molecule has 29 heavy (non-hydrogen) atoms. The molecule has 4 heteroatoms. The highest BCUT2D eigenvalue weighted by atomic mass is 16.5. The molecule has 1 fully saturated rings. The zero-order valence-electron chi connectivity index (χ0n) is 18.9. The Morgan fingerprint density at radius 3 is 2.69 bits per heavy atom. The highest BCUT2D eigenvalue weighted by Crippen LogP contribution is 2.35. The fraction of sp³-hybridized carbons (Fsp3) is 0.680. The molecule has 3 atom stereocenters. The molecule has 0 aromatic heterocycles. The van der Waals surface area contributed by atoms with Crippen LogP contribution < -0.4 is 0 Å². The van der Waals surface area contributed by atoms with Crippen molar-refractivity contribution in [3.8, 4) is 0 Å². The summed E-state index contributed by atoms with van der Waals surface area (Å²) >= 11 is 0. The molecule has 1 aliphatic rings. The van der Waals surface area contributed by atoms with Crippen LogP contribution in [0.25, 0.3) is 0 Å². The Kier molecular flexibility index (Phi) is 11.2. The molecule has 0 saturated heterocycles. The van der Waals surface area contributed by atoms with Crippen molar-refractivity contribution >= 4 is 11.8 Å². The number of esters is 1. The molecular weight excluding hydrogens is 364 g/mol. The number of hydrogen-bond donors (Lipinski definition) is 1. The second-order valence-corrected chi connectivity index (χ2v) is 9.05. The van der Waals surface area contributed by atoms with Gasteiger partial charge in [0.25, 0.3) is 0 Å². The van der Waals surface area contributed by atoms with Gasteiger partial charge in [-0.2, -0.15) is 0 Å². The van der Waals surface area contributed by atoms with E-state index in [1.54, 1.807) is 6.08 Å². The molecule has 0 heterocycles. The smallest absolute Gasteiger partial charge is 0.330 e. The first-order valence-electron chi connectivity index (χ1n) is 11.1. The van der Waals surface area contributed by atoms with Gasteiger partial charge in [-0.3, -0.25) is 4.79 Å². The Labute approximate surface area is 177 Å². The minimum absolute atomic E-state index is 0.0248. The number of ether oxygens (including phenoxy) is 1. The predicted molar refractivity (Wildman–Crippen MR) is 118 cm³/mol. The standard InChI is InChI=1S/C25H40O4/c1-6-7-18-25(4,5)23(27)17-15-20-14-16-22(26)21(20)12-10-8-9-11-13-24(28)29-19(2)3/h8-9,11,13,15,17,19-21,23,27H,6-7,10,12,14,16,18H2,1-5H3/b9-8+,13-11+,17-15?/t20-,21-,23?/m1/s1. The highest BCUT2D eigenvalue weighted by molar-refractivity contribution is 5.83. The van der Waals surface area contributed by atoms with Gasteiger partial charge in [-0.05, 0) is 50.9 Å². The normalized spacial score (nSPS) is 21.8. The van der Waals surface area contributed by atoms with Gasteiger partial charge < -0.3 is 9.84 Å². The van der Waals surface area contributed by atoms with Crippen LogP contribution in [0, 0.1) is 17.3 Å². The van der Waals surface area contributed by atoms with Crippen LogP contribution in [-0.4, -0.2) is 29.1 Å². The van der Waals surface area contributed by atoms with E-state index >= 15 is 0 Å². The van der Waals surface area contributed by atoms with Crippen molar-refractivity contribution in [2.75, 3.05) is 0 Å². The van der Waals surface area contributed by atoms with Gasteiger partial charge in [0.1, 0.15) is 5.78 Å². The second kappa shape index (κ2) is 12.8. The van der Waals surface area contributed by atoms with Gasteiger partial charge in [-0.25, -0.2) is 4.79 Å². The summed E-state index contributed by atoms with van der Waals surface area (Å²) < 4.78 is 5.03. The van der Waals surface area contributed by atoms with Gasteiger partial charge in [0.2, 0.25) is 0 Å². The van der Waals surface area contributed by atoms with E-state index < -0.39 is 6.10 Å². The lowest BCUT2D eigenvalue weighted by Crippen LogP contribution is -2.27. The van der Waals surface area contributed by atoms with Crippen LogP contribution in [-0.2, 0) is 14.3 Å². The number of carbonyl (C=O) groups excluding carboxylic acids is 2. The molecule has 1 aliphatic carbocycles. The average molecular weight is 405 g/mol. The monoisotopic (exact) mass is 404 g/mol. The Morgan fingerprint density at radius 2 is 2.03 bits per heavy atom. The molecule has 164 valence electrons. The molecule has 0 aromatic rings. The van der Waals surface area contributed by atoms with Crippen LogP contribution >= 0.6 is 0 Å². The molecule has 0 amide bonds. The number of unbranched alkanes of at least 4 members (excludes halogenated alkanes) is 1. The van der Waals surface area contributed by atoms with E-state index in [1.165, 1.54) is 6.08 Å². The van der Waals surface area contributed by atoms with E-state index in [1.807, 2.05) is 32.1 Å². The quantitative estimate of drug-likeness (QED) is 0.200. The van der Waals surface area contributed by atoms with E-state index in [-0.39, 0.29) is 29.3 Å². The fourth-order valence-electron chi connectivity index (χ4n) is 3.68. The molecule has 1 unspecified atom stereocenters. The molecule has 0 radical (unpaired) electrons. The summed E-state index contributed by atoms with van der Waals surface area (Å²) in [5.74, 6) is 0.214. The second-order valence-electron chi connectivity index (χ2n) is 9.05. The maximum Gasteiger partial charge on any atom is 0.330 e. The molecule has 1 saturated carbocycles. The van der Waals surface area contributed by atoms with Crippen molar-refractivity contribution in [3.05, 3.63) is 36.5 Å². The minimum Gasteiger partial charge on any atom is -0.460 e. The third kappa shape index (κ3) is 9.58. The molecule has 0 aliphatic heterocycles. The van der Waals surface area contributed by atoms with Gasteiger partial charge in [-0.1, -0.05) is 64.0 Å². The number of ketones is 1. The Hall–Kier alpha value is -1.68. The summed E-state index contributed by atoms with van der Waals surface area (Å²) in [6.07, 6.45) is 16.6. The number of aliphatic hydroxyl groups is 1. The van der Waals surface area contributed by atoms with Gasteiger partial charge in [0.05, 0.1) is 12.2 Å². The Morgan fingerprint density at radius 1 is 1.31 bits per heavy atom. The van der Waals surface area contributed by atoms with Crippen molar-refractivity contribution in [1.29, 1.82) is 0 Å². The summed E-state index contributed by atoms with van der Waals surface area (Å²) in [5.41, 5.74) is -0.142. The molecule has 1 rings (SSSR count). The van der Waals surface area contributed by atoms with Crippen LogP contribution in [0.4, 0.5) is 0 Å². The van der Waals surface area contributed by atoms with Crippen LogP contribution in [0.15, 0.2) is 36.5 Å². The van der Waals surface area contributed by atoms with Crippen molar-refractivity contribution in [2.45, 2.75) is 91.8 Å². The topological polar surface area (TPSA) is 63.6 Å². The van der Waals surface area contributed by atoms with Gasteiger partial charge in [-0.15, -0.1) is 0 Å². The number of aliphatic hydroxyl groups excluding tert-OH is 1. The zero-order chi connectivity index (χ0) is 21.9. The number of rotatable bonds is 12. The van der Waals surface area contributed by atoms with E-state index in [2.05, 4.69) is 26.8 Å². The first kappa shape index (κ1) is 25.4. The van der Waals surface area contributed by atoms with Gasteiger partial charge in [0, 0.05) is 18.4 Å². The van der Waals surface area contributed by atoms with E-state index in [0.29, 0.717) is 12.2 Å². The number of hydrogen-bond acceptors (Lipinski definition) is 4. The van der Waals surface area contributed by atoms with E-state index in [9.17, 15) is 14.7 Å². The first-order valence-corrected chi connectivity index (χ1v) is 11.1. The lowest BCUT2D eigenvalue weighted by atomic mass is 9.80. The summed E-state index contributed by atoms with van der Waals surface area (Å²) in [5, 5.41) is 10.6. The molecule has 4 nitrogen and oxygen atoms in total. The van der Waals surface area contributed by atoms with Crippen LogP contribution in [0.2, 0.25) is 0 Å². The third-order valence-electron chi connectivity index (χ3n) is 5.65. The molecule has 0 bridgehead atoms. The number of Topliss-reactive ketones (excluding diaryl/α,β-unsaturated/α-hetero) is 1. The van der Waals surface area contributed by atoms with Crippen molar-refractivity contribution in [1.82, 2.24) is 0 Å². The van der Waals surface area contributed by atoms with Crippen LogP contribution in [0.5, 0.6) is 0 Å². The minimum atomic E-state index is -0.485. The van der Waals surface area contributed by atoms with Crippen LogP contribution in [0.3, 0.4) is 0 Å². The summed E-state index contributed by atoms with van der Waals surface area (Å²) in [6.45, 7) is 10.00. The molecule has 1 N–H and O–H groups in total. The summed E-state index contributed by atoms with van der Waals surface area (Å²) in [4.78, 5) is 23.7. The maximum atomic E-state index is 12.3. The lowest BCUT2D eigenvalue weighted by Gasteiger charge is -2.29. The SMILES string of the molecule is CCCCC(C)(C)C(O)C=C[C@H]1CCC(=O)[C@@H]1CC/C=C/C=C/C(=O)OC(C)C. The van der Waals surface area contributed by atoms with Crippen LogP contribution in [0.1, 0.15) is 79.6 Å². The largest absolute Gasteiger partial charge is 0.460 e. The van der Waals surface area contributed by atoms with E-state index in [0.717, 1.165) is 38.5 Å². The van der Waals surface area contributed by atoms with Crippen molar-refractivity contribution < 1.29 is 19.4 Å². The number of allylic oxidation sites excluding steroid dienone is 4. The van der Waals surface area contributed by atoms with Crippen molar-refractivity contribution in [3.63, 3.8) is 0 Å². The van der Waals surface area contributed by atoms with Gasteiger partial charge in [0.15, 0.2) is 0 Å². The summed E-state index contributed by atoms with van der Waals surface area (Å²) in [7, 11) is 0. The third-order valence-corrected chi connectivity index (χ3v) is 5.65.